The normalized spacial score (nSPS) is 15.6. The van der Waals surface area contributed by atoms with Crippen LogP contribution < -0.4 is 5.32 Å². The van der Waals surface area contributed by atoms with E-state index >= 15 is 0 Å². The van der Waals surface area contributed by atoms with Gasteiger partial charge in [0.25, 0.3) is 0 Å². The van der Waals surface area contributed by atoms with Crippen molar-refractivity contribution in [2.75, 3.05) is 13.1 Å². The summed E-state index contributed by atoms with van der Waals surface area (Å²) in [6, 6.07) is 7.95. The number of likely N-dealkylation sites (tertiary alicyclic amines) is 1. The number of pyridine rings is 1. The molecule has 2 amide bonds. The van der Waals surface area contributed by atoms with Gasteiger partial charge in [-0.1, -0.05) is 18.2 Å². The van der Waals surface area contributed by atoms with Crippen LogP contribution in [0.2, 0.25) is 0 Å². The third-order valence-corrected chi connectivity index (χ3v) is 4.90. The topological polar surface area (TPSA) is 62.3 Å². The van der Waals surface area contributed by atoms with Crippen molar-refractivity contribution in [2.24, 2.45) is 0 Å². The van der Waals surface area contributed by atoms with E-state index in [2.05, 4.69) is 10.3 Å². The first-order valence-electron chi connectivity index (χ1n) is 8.87. The van der Waals surface area contributed by atoms with E-state index < -0.39 is 0 Å². The van der Waals surface area contributed by atoms with Crippen molar-refractivity contribution in [1.82, 2.24) is 15.2 Å². The highest BCUT2D eigenvalue weighted by molar-refractivity contribution is 5.86. The zero-order chi connectivity index (χ0) is 18.0. The SMILES string of the molecule is Cc1nc2ccccc2c(C)c1CC(=O)N[C@@H](C)CN1CCCC1=O. The highest BCUT2D eigenvalue weighted by Gasteiger charge is 2.22. The number of fused-ring (bicyclic) bond motifs is 1. The summed E-state index contributed by atoms with van der Waals surface area (Å²) in [5.41, 5.74) is 3.96. The number of benzene rings is 1. The Bertz CT molecular complexity index is 816. The van der Waals surface area contributed by atoms with E-state index in [-0.39, 0.29) is 17.9 Å². The fourth-order valence-corrected chi connectivity index (χ4v) is 3.59. The summed E-state index contributed by atoms with van der Waals surface area (Å²) in [4.78, 5) is 30.6. The van der Waals surface area contributed by atoms with Crippen LogP contribution in [0.15, 0.2) is 24.3 Å². The van der Waals surface area contributed by atoms with Gasteiger partial charge < -0.3 is 10.2 Å². The van der Waals surface area contributed by atoms with Crippen LogP contribution in [-0.4, -0.2) is 40.8 Å². The molecule has 1 atom stereocenters. The van der Waals surface area contributed by atoms with Gasteiger partial charge in [0.1, 0.15) is 0 Å². The van der Waals surface area contributed by atoms with Gasteiger partial charge in [-0.05, 0) is 44.4 Å². The molecule has 132 valence electrons. The summed E-state index contributed by atoms with van der Waals surface area (Å²) >= 11 is 0. The summed E-state index contributed by atoms with van der Waals surface area (Å²) < 4.78 is 0. The van der Waals surface area contributed by atoms with Crippen LogP contribution in [0.1, 0.15) is 36.6 Å². The molecule has 3 rings (SSSR count). The van der Waals surface area contributed by atoms with E-state index in [9.17, 15) is 9.59 Å². The minimum atomic E-state index is -0.0522. The summed E-state index contributed by atoms with van der Waals surface area (Å²) in [6.07, 6.45) is 1.86. The second-order valence-corrected chi connectivity index (χ2v) is 6.91. The Kier molecular flexibility index (Phi) is 5.02. The Morgan fingerprint density at radius 3 is 2.80 bits per heavy atom. The Labute approximate surface area is 148 Å². The highest BCUT2D eigenvalue weighted by atomic mass is 16.2. The zero-order valence-electron chi connectivity index (χ0n) is 15.1. The van der Waals surface area contributed by atoms with Gasteiger partial charge in [-0.15, -0.1) is 0 Å². The van der Waals surface area contributed by atoms with Gasteiger partial charge in [-0.3, -0.25) is 14.6 Å². The molecular formula is C20H25N3O2. The van der Waals surface area contributed by atoms with E-state index in [4.69, 9.17) is 0 Å². The molecule has 2 aromatic rings. The van der Waals surface area contributed by atoms with Crippen molar-refractivity contribution in [1.29, 1.82) is 0 Å². The molecule has 1 fully saturated rings. The first kappa shape index (κ1) is 17.4. The number of para-hydroxylation sites is 1. The molecule has 1 aliphatic rings. The zero-order valence-corrected chi connectivity index (χ0v) is 15.1. The highest BCUT2D eigenvalue weighted by Crippen LogP contribution is 2.22. The first-order chi connectivity index (χ1) is 12.0. The summed E-state index contributed by atoms with van der Waals surface area (Å²) in [7, 11) is 0. The smallest absolute Gasteiger partial charge is 0.224 e. The van der Waals surface area contributed by atoms with Crippen molar-refractivity contribution < 1.29 is 9.59 Å². The molecule has 0 radical (unpaired) electrons. The van der Waals surface area contributed by atoms with Gasteiger partial charge in [-0.2, -0.15) is 0 Å². The summed E-state index contributed by atoms with van der Waals surface area (Å²) in [5, 5.41) is 4.11. The Hall–Kier alpha value is -2.43. The molecule has 0 saturated carbocycles. The number of hydrogen-bond acceptors (Lipinski definition) is 3. The quantitative estimate of drug-likeness (QED) is 0.910. The first-order valence-corrected chi connectivity index (χ1v) is 8.87. The molecule has 1 aliphatic heterocycles. The van der Waals surface area contributed by atoms with Crippen LogP contribution in [0.25, 0.3) is 10.9 Å². The average molecular weight is 339 g/mol. The monoisotopic (exact) mass is 339 g/mol. The number of nitrogens with zero attached hydrogens (tertiary/aromatic N) is 2. The predicted octanol–water partition coefficient (Wildman–Crippen LogP) is 2.52. The maximum absolute atomic E-state index is 12.5. The molecular weight excluding hydrogens is 314 g/mol. The summed E-state index contributed by atoms with van der Waals surface area (Å²) in [5.74, 6) is 0.161. The molecule has 0 bridgehead atoms. The number of aromatic nitrogens is 1. The van der Waals surface area contributed by atoms with Gasteiger partial charge in [0.2, 0.25) is 11.8 Å². The van der Waals surface area contributed by atoms with Crippen LogP contribution in [0, 0.1) is 13.8 Å². The van der Waals surface area contributed by atoms with Gasteiger partial charge in [0.05, 0.1) is 11.9 Å². The Balaban J connectivity index is 1.68. The lowest BCUT2D eigenvalue weighted by molar-refractivity contribution is -0.129. The molecule has 25 heavy (non-hydrogen) atoms. The third kappa shape index (κ3) is 3.81. The predicted molar refractivity (Wildman–Crippen MR) is 98.3 cm³/mol. The van der Waals surface area contributed by atoms with Gasteiger partial charge in [-0.25, -0.2) is 0 Å². The van der Waals surface area contributed by atoms with Crippen molar-refractivity contribution in [3.63, 3.8) is 0 Å². The molecule has 2 heterocycles. The molecule has 0 aliphatic carbocycles. The number of nitrogens with one attached hydrogen (secondary N) is 1. The molecule has 5 nitrogen and oxygen atoms in total. The molecule has 1 saturated heterocycles. The van der Waals surface area contributed by atoms with E-state index in [1.807, 2.05) is 49.9 Å². The van der Waals surface area contributed by atoms with Crippen LogP contribution in [-0.2, 0) is 16.0 Å². The Morgan fingerprint density at radius 1 is 1.32 bits per heavy atom. The van der Waals surface area contributed by atoms with Crippen LogP contribution in [0.3, 0.4) is 0 Å². The van der Waals surface area contributed by atoms with Crippen molar-refractivity contribution in [3.8, 4) is 0 Å². The molecule has 1 aromatic carbocycles. The lowest BCUT2D eigenvalue weighted by atomic mass is 9.99. The minimum Gasteiger partial charge on any atom is -0.352 e. The van der Waals surface area contributed by atoms with E-state index in [1.165, 1.54) is 0 Å². The molecule has 5 heteroatoms. The van der Waals surface area contributed by atoms with Gasteiger partial charge in [0, 0.05) is 36.6 Å². The van der Waals surface area contributed by atoms with E-state index in [1.54, 1.807) is 0 Å². The number of hydrogen-bond donors (Lipinski definition) is 1. The fourth-order valence-electron chi connectivity index (χ4n) is 3.59. The number of carbonyl (C=O) groups excluding carboxylic acids is 2. The molecule has 1 aromatic heterocycles. The number of carbonyl (C=O) groups is 2. The third-order valence-electron chi connectivity index (χ3n) is 4.90. The second kappa shape index (κ2) is 7.21. The lowest BCUT2D eigenvalue weighted by Crippen LogP contribution is -2.43. The number of rotatable bonds is 5. The minimum absolute atomic E-state index is 0.0255. The maximum Gasteiger partial charge on any atom is 0.224 e. The summed E-state index contributed by atoms with van der Waals surface area (Å²) in [6.45, 7) is 7.33. The number of aryl methyl sites for hydroxylation is 2. The van der Waals surface area contributed by atoms with E-state index in [0.717, 1.165) is 40.7 Å². The lowest BCUT2D eigenvalue weighted by Gasteiger charge is -2.22. The van der Waals surface area contributed by atoms with Gasteiger partial charge >= 0.3 is 0 Å². The average Bonchev–Trinajstić information content (AvgIpc) is 2.96. The maximum atomic E-state index is 12.5. The van der Waals surface area contributed by atoms with Crippen LogP contribution in [0.4, 0.5) is 0 Å². The van der Waals surface area contributed by atoms with Gasteiger partial charge in [0.15, 0.2) is 0 Å². The molecule has 1 N–H and O–H groups in total. The molecule has 0 spiro atoms. The van der Waals surface area contributed by atoms with Crippen LogP contribution in [0.5, 0.6) is 0 Å². The van der Waals surface area contributed by atoms with Crippen molar-refractivity contribution >= 4 is 22.7 Å². The number of amides is 2. The van der Waals surface area contributed by atoms with Crippen molar-refractivity contribution in [2.45, 2.75) is 46.1 Å². The largest absolute Gasteiger partial charge is 0.352 e. The van der Waals surface area contributed by atoms with Crippen molar-refractivity contribution in [3.05, 3.63) is 41.1 Å². The second-order valence-electron chi connectivity index (χ2n) is 6.91. The molecule has 0 unspecified atom stereocenters. The standard InChI is InChI=1S/C20H25N3O2/c1-13(12-23-10-6-9-20(23)25)21-19(24)11-17-14(2)16-7-4-5-8-18(16)22-15(17)3/h4-5,7-8,13H,6,9-12H2,1-3H3,(H,21,24)/t13-/m0/s1. The fraction of sp³-hybridized carbons (Fsp3) is 0.450. The van der Waals surface area contributed by atoms with Crippen LogP contribution >= 0.6 is 0 Å². The Morgan fingerprint density at radius 2 is 2.08 bits per heavy atom. The van der Waals surface area contributed by atoms with E-state index in [0.29, 0.717) is 19.4 Å².